The van der Waals surface area contributed by atoms with Crippen molar-refractivity contribution in [1.29, 1.82) is 0 Å². The maximum Gasteiger partial charge on any atom is 0.220 e. The Hall–Kier alpha value is -2.75. The van der Waals surface area contributed by atoms with E-state index in [4.69, 9.17) is 4.98 Å². The summed E-state index contributed by atoms with van der Waals surface area (Å²) >= 11 is 0. The highest BCUT2D eigenvalue weighted by molar-refractivity contribution is 5.82. The molecule has 0 spiro atoms. The third-order valence-electron chi connectivity index (χ3n) is 4.92. The summed E-state index contributed by atoms with van der Waals surface area (Å²) in [6.45, 7) is 2.07. The second kappa shape index (κ2) is 6.28. The molecule has 1 aliphatic rings. The lowest BCUT2D eigenvalue weighted by Crippen LogP contribution is -2.32. The number of amides is 1. The van der Waals surface area contributed by atoms with Crippen LogP contribution in [0.3, 0.4) is 0 Å². The minimum absolute atomic E-state index is 0.0222. The first-order valence-electron chi connectivity index (χ1n) is 8.53. The van der Waals surface area contributed by atoms with Crippen LogP contribution in [0.2, 0.25) is 0 Å². The second-order valence-corrected chi connectivity index (χ2v) is 6.62. The molecule has 1 aliphatic heterocycles. The van der Waals surface area contributed by atoms with Crippen LogP contribution in [0.1, 0.15) is 35.6 Å². The maximum absolute atomic E-state index is 13.4. The number of rotatable bonds is 3. The average molecular weight is 334 g/mol. The van der Waals surface area contributed by atoms with Crippen molar-refractivity contribution in [2.75, 3.05) is 0 Å². The van der Waals surface area contributed by atoms with Crippen LogP contribution in [0.4, 0.5) is 4.39 Å². The van der Waals surface area contributed by atoms with Crippen LogP contribution < -0.4 is 5.32 Å². The van der Waals surface area contributed by atoms with Crippen LogP contribution in [0.5, 0.6) is 0 Å². The molecule has 0 radical (unpaired) electrons. The first kappa shape index (κ1) is 15.8. The molecule has 1 saturated heterocycles. The Bertz CT molecular complexity index is 936. The molecular weight excluding hydrogens is 315 g/mol. The smallest absolute Gasteiger partial charge is 0.220 e. The quantitative estimate of drug-likeness (QED) is 0.784. The highest BCUT2D eigenvalue weighted by Gasteiger charge is 2.32. The summed E-state index contributed by atoms with van der Waals surface area (Å²) in [6.07, 6.45) is 1.28. The van der Waals surface area contributed by atoms with Gasteiger partial charge in [0.1, 0.15) is 5.82 Å². The van der Waals surface area contributed by atoms with Crippen molar-refractivity contribution in [2.24, 2.45) is 0 Å². The topological polar surface area (TPSA) is 42.0 Å². The lowest BCUT2D eigenvalue weighted by Gasteiger charge is -2.24. The van der Waals surface area contributed by atoms with E-state index in [0.717, 1.165) is 34.1 Å². The fraction of sp³-hybridized carbons (Fsp3) is 0.238. The predicted molar refractivity (Wildman–Crippen MR) is 95.9 cm³/mol. The van der Waals surface area contributed by atoms with E-state index in [0.29, 0.717) is 6.42 Å². The zero-order valence-corrected chi connectivity index (χ0v) is 14.0. The molecule has 1 aromatic heterocycles. The fourth-order valence-corrected chi connectivity index (χ4v) is 3.70. The molecule has 3 nitrogen and oxygen atoms in total. The van der Waals surface area contributed by atoms with Crippen molar-refractivity contribution in [3.63, 3.8) is 0 Å². The first-order chi connectivity index (χ1) is 12.1. The summed E-state index contributed by atoms with van der Waals surface area (Å²) < 4.78 is 13.4. The molecule has 4 heteroatoms. The third-order valence-corrected chi connectivity index (χ3v) is 4.92. The number of aromatic nitrogens is 1. The van der Waals surface area contributed by atoms with Gasteiger partial charge >= 0.3 is 0 Å². The van der Waals surface area contributed by atoms with E-state index in [1.54, 1.807) is 12.1 Å². The number of hydrogen-bond donors (Lipinski definition) is 1. The highest BCUT2D eigenvalue weighted by atomic mass is 19.1. The largest absolute Gasteiger partial charge is 0.352 e. The van der Waals surface area contributed by atoms with Gasteiger partial charge in [-0.05, 0) is 48.7 Å². The maximum atomic E-state index is 13.4. The molecular formula is C21H19FN2O. The number of nitrogens with one attached hydrogen (secondary N) is 1. The van der Waals surface area contributed by atoms with Crippen LogP contribution in [-0.2, 0) is 4.79 Å². The number of aryl methyl sites for hydroxylation is 1. The van der Waals surface area contributed by atoms with Gasteiger partial charge in [0.05, 0.1) is 11.2 Å². The zero-order valence-electron chi connectivity index (χ0n) is 14.0. The van der Waals surface area contributed by atoms with Crippen molar-refractivity contribution < 1.29 is 9.18 Å². The van der Waals surface area contributed by atoms with E-state index in [-0.39, 0.29) is 23.7 Å². The number of nitrogens with zero attached hydrogens (tertiary/aromatic N) is 1. The van der Waals surface area contributed by atoms with Crippen molar-refractivity contribution in [3.05, 3.63) is 77.2 Å². The van der Waals surface area contributed by atoms with Crippen molar-refractivity contribution >= 4 is 16.8 Å². The van der Waals surface area contributed by atoms with Crippen LogP contribution in [0.25, 0.3) is 10.9 Å². The molecule has 0 unspecified atom stereocenters. The Morgan fingerprint density at radius 2 is 1.92 bits per heavy atom. The molecule has 3 aromatic rings. The van der Waals surface area contributed by atoms with Crippen LogP contribution in [0, 0.1) is 12.7 Å². The van der Waals surface area contributed by atoms with Gasteiger partial charge in [-0.1, -0.05) is 30.3 Å². The lowest BCUT2D eigenvalue weighted by atomic mass is 9.86. The summed E-state index contributed by atoms with van der Waals surface area (Å²) in [7, 11) is 0. The Morgan fingerprint density at radius 1 is 1.16 bits per heavy atom. The van der Waals surface area contributed by atoms with Crippen molar-refractivity contribution in [3.8, 4) is 0 Å². The molecule has 1 amide bonds. The Balaban J connectivity index is 1.85. The highest BCUT2D eigenvalue weighted by Crippen LogP contribution is 2.33. The van der Waals surface area contributed by atoms with E-state index < -0.39 is 0 Å². The SMILES string of the molecule is Cc1cc([C@H](c2ccc(F)cc2)[C@H]2CCC(=O)N2)nc2ccccc12. The Labute approximate surface area is 145 Å². The van der Waals surface area contributed by atoms with Gasteiger partial charge in [0, 0.05) is 23.8 Å². The van der Waals surface area contributed by atoms with Gasteiger partial charge in [-0.15, -0.1) is 0 Å². The molecule has 2 aromatic carbocycles. The molecule has 126 valence electrons. The molecule has 2 heterocycles. The number of halogens is 1. The molecule has 1 N–H and O–H groups in total. The van der Waals surface area contributed by atoms with E-state index in [1.807, 2.05) is 18.2 Å². The summed E-state index contributed by atoms with van der Waals surface area (Å²) in [6, 6.07) is 16.6. The van der Waals surface area contributed by atoms with E-state index in [1.165, 1.54) is 12.1 Å². The minimum atomic E-state index is -0.263. The van der Waals surface area contributed by atoms with Gasteiger partial charge in [0.25, 0.3) is 0 Å². The molecule has 2 atom stereocenters. The third kappa shape index (κ3) is 3.00. The van der Waals surface area contributed by atoms with Crippen LogP contribution in [0.15, 0.2) is 54.6 Å². The van der Waals surface area contributed by atoms with Gasteiger partial charge in [0.2, 0.25) is 5.91 Å². The molecule has 1 fully saturated rings. The average Bonchev–Trinajstić information content (AvgIpc) is 3.03. The number of benzene rings is 2. The van der Waals surface area contributed by atoms with Gasteiger partial charge in [-0.3, -0.25) is 9.78 Å². The Morgan fingerprint density at radius 3 is 2.64 bits per heavy atom. The predicted octanol–water partition coefficient (Wildman–Crippen LogP) is 4.09. The van der Waals surface area contributed by atoms with Crippen LogP contribution in [-0.4, -0.2) is 16.9 Å². The van der Waals surface area contributed by atoms with Gasteiger partial charge < -0.3 is 5.32 Å². The molecule has 4 rings (SSSR count). The van der Waals surface area contributed by atoms with Crippen molar-refractivity contribution in [1.82, 2.24) is 10.3 Å². The molecule has 25 heavy (non-hydrogen) atoms. The molecule has 0 aliphatic carbocycles. The number of carbonyl (C=O) groups excluding carboxylic acids is 1. The standard InChI is InChI=1S/C21H19FN2O/c1-13-12-19(23-17-5-3-2-4-16(13)17)21(18-10-11-20(25)24-18)14-6-8-15(22)9-7-14/h2-9,12,18,21H,10-11H2,1H3,(H,24,25)/t18-,21-/m1/s1. The first-order valence-corrected chi connectivity index (χ1v) is 8.53. The van der Waals surface area contributed by atoms with Crippen LogP contribution >= 0.6 is 0 Å². The minimum Gasteiger partial charge on any atom is -0.352 e. The number of hydrogen-bond acceptors (Lipinski definition) is 2. The monoisotopic (exact) mass is 334 g/mol. The summed E-state index contributed by atoms with van der Waals surface area (Å²) in [5, 5.41) is 4.18. The lowest BCUT2D eigenvalue weighted by molar-refractivity contribution is -0.119. The summed E-state index contributed by atoms with van der Waals surface area (Å²) in [5.74, 6) is -0.286. The fourth-order valence-electron chi connectivity index (χ4n) is 3.70. The Kier molecular flexibility index (Phi) is 3.96. The second-order valence-electron chi connectivity index (χ2n) is 6.62. The van der Waals surface area contributed by atoms with Crippen molar-refractivity contribution in [2.45, 2.75) is 31.7 Å². The summed E-state index contributed by atoms with van der Waals surface area (Å²) in [5.41, 5.74) is 3.97. The van der Waals surface area contributed by atoms with Gasteiger partial charge in [0.15, 0.2) is 0 Å². The number of para-hydroxylation sites is 1. The number of fused-ring (bicyclic) bond motifs is 1. The molecule has 0 saturated carbocycles. The van der Waals surface area contributed by atoms with E-state index >= 15 is 0 Å². The zero-order chi connectivity index (χ0) is 17.4. The number of pyridine rings is 1. The van der Waals surface area contributed by atoms with E-state index in [2.05, 4.69) is 24.4 Å². The normalized spacial score (nSPS) is 18.3. The number of carbonyl (C=O) groups is 1. The van der Waals surface area contributed by atoms with Gasteiger partial charge in [-0.2, -0.15) is 0 Å². The summed E-state index contributed by atoms with van der Waals surface area (Å²) in [4.78, 5) is 16.6. The van der Waals surface area contributed by atoms with Gasteiger partial charge in [-0.25, -0.2) is 4.39 Å². The molecule has 0 bridgehead atoms. The van der Waals surface area contributed by atoms with E-state index in [9.17, 15) is 9.18 Å².